The third-order valence-electron chi connectivity index (χ3n) is 4.68. The minimum Gasteiger partial charge on any atom is -0.395 e. The number of nitrogens with one attached hydrogen (secondary N) is 1. The molecule has 2 aromatic rings. The molecular formula is C20H27N5O2. The lowest BCUT2D eigenvalue weighted by molar-refractivity contribution is -0.167. The van der Waals surface area contributed by atoms with E-state index in [-0.39, 0.29) is 0 Å². The summed E-state index contributed by atoms with van der Waals surface area (Å²) in [6.45, 7) is 4.69. The van der Waals surface area contributed by atoms with Crippen molar-refractivity contribution in [3.63, 3.8) is 0 Å². The second-order valence-corrected chi connectivity index (χ2v) is 6.47. The minimum atomic E-state index is 0.466. The Labute approximate surface area is 159 Å². The van der Waals surface area contributed by atoms with E-state index in [1.807, 2.05) is 31.2 Å². The molecule has 144 valence electrons. The van der Waals surface area contributed by atoms with Crippen molar-refractivity contribution in [2.24, 2.45) is 10.8 Å². The van der Waals surface area contributed by atoms with Crippen LogP contribution in [0.4, 0.5) is 11.4 Å². The molecule has 3 rings (SSSR count). The zero-order valence-corrected chi connectivity index (χ0v) is 15.6. The summed E-state index contributed by atoms with van der Waals surface area (Å²) in [6, 6.07) is 13.8. The van der Waals surface area contributed by atoms with Crippen LogP contribution in [0.25, 0.3) is 0 Å². The smallest absolute Gasteiger partial charge is 0.172 e. The molecule has 0 amide bonds. The molecule has 1 aliphatic rings. The third kappa shape index (κ3) is 5.05. The normalized spacial score (nSPS) is 18.1. The molecule has 1 aliphatic heterocycles. The first kappa shape index (κ1) is 19.3. The average Bonchev–Trinajstić information content (AvgIpc) is 2.70. The van der Waals surface area contributed by atoms with Gasteiger partial charge in [-0.2, -0.15) is 5.06 Å². The first-order chi connectivity index (χ1) is 13.2. The van der Waals surface area contributed by atoms with Gasteiger partial charge < -0.3 is 10.6 Å². The van der Waals surface area contributed by atoms with E-state index in [2.05, 4.69) is 27.8 Å². The summed E-state index contributed by atoms with van der Waals surface area (Å²) < 4.78 is 0. The van der Waals surface area contributed by atoms with Crippen molar-refractivity contribution >= 4 is 17.6 Å². The molecule has 0 bridgehead atoms. The van der Waals surface area contributed by atoms with Gasteiger partial charge in [0.25, 0.3) is 0 Å². The second kappa shape index (κ2) is 9.48. The summed E-state index contributed by atoms with van der Waals surface area (Å²) in [5.74, 6) is 6.14. The highest BCUT2D eigenvalue weighted by molar-refractivity contribution is 5.90. The average molecular weight is 369 g/mol. The topological polar surface area (TPSA) is 98.1 Å². The Bertz CT molecular complexity index is 761. The van der Waals surface area contributed by atoms with Gasteiger partial charge in [0, 0.05) is 24.9 Å². The van der Waals surface area contributed by atoms with Gasteiger partial charge in [0.2, 0.25) is 0 Å². The van der Waals surface area contributed by atoms with E-state index in [0.717, 1.165) is 37.4 Å². The highest BCUT2D eigenvalue weighted by Crippen LogP contribution is 2.29. The van der Waals surface area contributed by atoms with Gasteiger partial charge in [-0.15, -0.1) is 0 Å². The molecule has 5 N–H and O–H groups in total. The first-order valence-electron chi connectivity index (χ1n) is 9.24. The van der Waals surface area contributed by atoms with Gasteiger partial charge in [0.1, 0.15) is 0 Å². The first-order valence-corrected chi connectivity index (χ1v) is 9.24. The molecule has 27 heavy (non-hydrogen) atoms. The number of piperidine rings is 1. The maximum absolute atomic E-state index is 6.06. The van der Waals surface area contributed by atoms with Crippen molar-refractivity contribution in [1.29, 1.82) is 0 Å². The molecule has 0 radical (unpaired) electrons. The van der Waals surface area contributed by atoms with Crippen molar-refractivity contribution in [3.8, 4) is 5.75 Å². The van der Waals surface area contributed by atoms with Crippen LogP contribution in [0, 0.1) is 0 Å². The number of benzene rings is 2. The van der Waals surface area contributed by atoms with Gasteiger partial charge in [-0.1, -0.05) is 29.9 Å². The van der Waals surface area contributed by atoms with Crippen LogP contribution < -0.4 is 22.0 Å². The van der Waals surface area contributed by atoms with Crippen LogP contribution in [0.1, 0.15) is 36.8 Å². The molecule has 7 heteroatoms. The fourth-order valence-electron chi connectivity index (χ4n) is 3.32. The lowest BCUT2D eigenvalue weighted by Gasteiger charge is -2.31. The van der Waals surface area contributed by atoms with Gasteiger partial charge in [-0.25, -0.2) is 5.84 Å². The van der Waals surface area contributed by atoms with Crippen molar-refractivity contribution in [2.45, 2.75) is 25.7 Å². The number of aliphatic imine (C=N–C) groups is 1. The number of rotatable bonds is 7. The molecule has 1 saturated heterocycles. The Morgan fingerprint density at radius 3 is 2.81 bits per heavy atom. The second-order valence-electron chi connectivity index (χ2n) is 6.47. The van der Waals surface area contributed by atoms with Crippen LogP contribution >= 0.6 is 0 Å². The van der Waals surface area contributed by atoms with Crippen LogP contribution in [0.15, 0.2) is 47.5 Å². The zero-order chi connectivity index (χ0) is 19.1. The molecule has 1 unspecified atom stereocenters. The van der Waals surface area contributed by atoms with E-state index in [1.54, 1.807) is 12.3 Å². The lowest BCUT2D eigenvalue weighted by Crippen LogP contribution is -2.34. The van der Waals surface area contributed by atoms with Crippen LogP contribution in [-0.4, -0.2) is 31.0 Å². The SMILES string of the molecule is CCON1CCCC(c2ccc(N=Cc3cccc(ONN)c3N)cc2)C1. The highest BCUT2D eigenvalue weighted by Gasteiger charge is 2.21. The molecule has 0 spiro atoms. The quantitative estimate of drug-likeness (QED) is 0.300. The third-order valence-corrected chi connectivity index (χ3v) is 4.68. The van der Waals surface area contributed by atoms with E-state index < -0.39 is 0 Å². The Balaban J connectivity index is 1.67. The Kier molecular flexibility index (Phi) is 6.78. The number of hydrazine groups is 1. The van der Waals surface area contributed by atoms with Crippen LogP contribution in [0.5, 0.6) is 5.75 Å². The fourth-order valence-corrected chi connectivity index (χ4v) is 3.32. The summed E-state index contributed by atoms with van der Waals surface area (Å²) in [7, 11) is 0. The van der Waals surface area contributed by atoms with Gasteiger partial charge in [0.15, 0.2) is 5.75 Å². The van der Waals surface area contributed by atoms with Gasteiger partial charge in [-0.05, 0) is 49.4 Å². The summed E-state index contributed by atoms with van der Waals surface area (Å²) >= 11 is 0. The van der Waals surface area contributed by atoms with Crippen LogP contribution in [0.2, 0.25) is 0 Å². The maximum atomic E-state index is 6.06. The monoisotopic (exact) mass is 369 g/mol. The number of anilines is 1. The molecular weight excluding hydrogens is 342 g/mol. The summed E-state index contributed by atoms with van der Waals surface area (Å²) in [4.78, 5) is 15.2. The van der Waals surface area contributed by atoms with E-state index in [4.69, 9.17) is 21.3 Å². The van der Waals surface area contributed by atoms with E-state index in [1.165, 1.54) is 12.0 Å². The number of nitrogens with zero attached hydrogens (tertiary/aromatic N) is 2. The predicted octanol–water partition coefficient (Wildman–Crippen LogP) is 2.91. The summed E-state index contributed by atoms with van der Waals surface area (Å²) in [5, 5.41) is 2.08. The van der Waals surface area contributed by atoms with Gasteiger partial charge in [0.05, 0.1) is 18.0 Å². The Hall–Kier alpha value is -2.45. The Morgan fingerprint density at radius 1 is 1.26 bits per heavy atom. The number of hydrogen-bond acceptors (Lipinski definition) is 7. The summed E-state index contributed by atoms with van der Waals surface area (Å²) in [5.41, 5.74) is 11.6. The van der Waals surface area contributed by atoms with Crippen LogP contribution in [-0.2, 0) is 4.84 Å². The van der Waals surface area contributed by atoms with Crippen molar-refractivity contribution in [3.05, 3.63) is 53.6 Å². The molecule has 1 atom stereocenters. The number of nitrogen functional groups attached to an aromatic ring is 1. The number of hydroxylamine groups is 2. The van der Waals surface area contributed by atoms with E-state index in [9.17, 15) is 0 Å². The number of nitrogens with two attached hydrogens (primary N) is 2. The number of hydrogen-bond donors (Lipinski definition) is 3. The summed E-state index contributed by atoms with van der Waals surface area (Å²) in [6.07, 6.45) is 4.07. The van der Waals surface area contributed by atoms with E-state index in [0.29, 0.717) is 17.4 Å². The molecule has 0 aromatic heterocycles. The maximum Gasteiger partial charge on any atom is 0.172 e. The van der Waals surface area contributed by atoms with Gasteiger partial charge >= 0.3 is 0 Å². The highest BCUT2D eigenvalue weighted by atomic mass is 16.7. The predicted molar refractivity (Wildman–Crippen MR) is 108 cm³/mol. The standard InChI is InChI=1S/C20H27N5O2/c1-2-26-25-12-4-6-17(14-25)15-8-10-18(11-9-15)23-13-16-5-3-7-19(20(16)21)27-24-22/h3,5,7-11,13,17,24H,2,4,6,12,14,21-22H2,1H3. The molecule has 1 heterocycles. The number of para-hydroxylation sites is 1. The molecule has 0 saturated carbocycles. The molecule has 2 aromatic carbocycles. The lowest BCUT2D eigenvalue weighted by atomic mass is 9.91. The van der Waals surface area contributed by atoms with Gasteiger partial charge in [-0.3, -0.25) is 9.83 Å². The van der Waals surface area contributed by atoms with Crippen molar-refractivity contribution < 1.29 is 9.68 Å². The van der Waals surface area contributed by atoms with E-state index >= 15 is 0 Å². The molecule has 7 nitrogen and oxygen atoms in total. The zero-order valence-electron chi connectivity index (χ0n) is 15.6. The minimum absolute atomic E-state index is 0.466. The van der Waals surface area contributed by atoms with Crippen molar-refractivity contribution in [1.82, 2.24) is 10.7 Å². The fraction of sp³-hybridized carbons (Fsp3) is 0.350. The van der Waals surface area contributed by atoms with Crippen LogP contribution in [0.3, 0.4) is 0 Å². The van der Waals surface area contributed by atoms with Crippen molar-refractivity contribution in [2.75, 3.05) is 25.4 Å². The Morgan fingerprint density at radius 2 is 2.07 bits per heavy atom. The molecule has 0 aliphatic carbocycles. The molecule has 1 fully saturated rings. The largest absolute Gasteiger partial charge is 0.395 e.